The van der Waals surface area contributed by atoms with Gasteiger partial charge in [-0.2, -0.15) is 0 Å². The van der Waals surface area contributed by atoms with Gasteiger partial charge in [0.25, 0.3) is 0 Å². The van der Waals surface area contributed by atoms with Crippen LogP contribution >= 0.6 is 0 Å². The highest BCUT2D eigenvalue weighted by Gasteiger charge is 2.08. The number of anilines is 1. The highest BCUT2D eigenvalue weighted by atomic mass is 16.3. The van der Waals surface area contributed by atoms with Crippen LogP contribution in [0, 0.1) is 5.41 Å². The monoisotopic (exact) mass is 268 g/mol. The molecule has 0 spiro atoms. The zero-order valence-corrected chi connectivity index (χ0v) is 12.7. The number of hydrogen-bond donors (Lipinski definition) is 4. The third-order valence-corrected chi connectivity index (χ3v) is 2.29. The maximum Gasteiger partial charge on any atom is 0.0812 e. The van der Waals surface area contributed by atoms with E-state index < -0.39 is 6.10 Å². The Hall–Kier alpha value is -1.39. The molecule has 0 aliphatic heterocycles. The first kappa shape index (κ1) is 19.9. The quantitative estimate of drug-likeness (QED) is 0.619. The fourth-order valence-corrected chi connectivity index (χ4v) is 1.42. The van der Waals surface area contributed by atoms with Crippen molar-refractivity contribution in [2.45, 2.75) is 40.2 Å². The van der Waals surface area contributed by atoms with E-state index in [4.69, 9.17) is 10.5 Å². The first-order valence-electron chi connectivity index (χ1n) is 6.84. The molecule has 1 aromatic rings. The summed E-state index contributed by atoms with van der Waals surface area (Å²) in [5.74, 6) is 0. The SMILES string of the molecule is CC.CC.CNc1ccc(C(O)CCO)cc1C=N. The average Bonchev–Trinajstić information content (AvgIpc) is 2.50. The van der Waals surface area contributed by atoms with Gasteiger partial charge >= 0.3 is 0 Å². The van der Waals surface area contributed by atoms with E-state index in [2.05, 4.69) is 5.32 Å². The Morgan fingerprint density at radius 3 is 2.26 bits per heavy atom. The number of aliphatic hydroxyl groups is 2. The molecule has 0 bridgehead atoms. The lowest BCUT2D eigenvalue weighted by atomic mass is 10.0. The predicted molar refractivity (Wildman–Crippen MR) is 83.2 cm³/mol. The van der Waals surface area contributed by atoms with Crippen LogP contribution < -0.4 is 5.32 Å². The molecule has 0 heterocycles. The minimum atomic E-state index is -0.667. The third kappa shape index (κ3) is 6.94. The normalized spacial score (nSPS) is 10.3. The Morgan fingerprint density at radius 2 is 1.84 bits per heavy atom. The summed E-state index contributed by atoms with van der Waals surface area (Å²) in [6.07, 6.45) is 0.886. The van der Waals surface area contributed by atoms with Gasteiger partial charge in [-0.1, -0.05) is 33.8 Å². The Morgan fingerprint density at radius 1 is 1.26 bits per heavy atom. The van der Waals surface area contributed by atoms with Gasteiger partial charge in [-0.3, -0.25) is 0 Å². The molecule has 0 saturated carbocycles. The second-order valence-corrected chi connectivity index (χ2v) is 3.27. The molecule has 0 fully saturated rings. The molecule has 0 amide bonds. The van der Waals surface area contributed by atoms with Crippen molar-refractivity contribution in [1.82, 2.24) is 0 Å². The van der Waals surface area contributed by atoms with E-state index in [-0.39, 0.29) is 6.61 Å². The molecular weight excluding hydrogens is 240 g/mol. The molecule has 0 aliphatic rings. The molecule has 0 aliphatic carbocycles. The molecule has 0 saturated heterocycles. The van der Waals surface area contributed by atoms with Crippen molar-refractivity contribution in [3.8, 4) is 0 Å². The van der Waals surface area contributed by atoms with Gasteiger partial charge in [0.2, 0.25) is 0 Å². The van der Waals surface area contributed by atoms with Crippen molar-refractivity contribution in [2.24, 2.45) is 0 Å². The van der Waals surface area contributed by atoms with Gasteiger partial charge in [-0.15, -0.1) is 0 Å². The van der Waals surface area contributed by atoms with Crippen LogP contribution in [0.5, 0.6) is 0 Å². The van der Waals surface area contributed by atoms with Gasteiger partial charge in [-0.25, -0.2) is 0 Å². The minimum Gasteiger partial charge on any atom is -0.396 e. The summed E-state index contributed by atoms with van der Waals surface area (Å²) in [5, 5.41) is 28.6. The Bertz CT molecular complexity index is 341. The van der Waals surface area contributed by atoms with E-state index in [1.807, 2.05) is 33.8 Å². The van der Waals surface area contributed by atoms with Crippen LogP contribution in [-0.4, -0.2) is 30.1 Å². The molecule has 19 heavy (non-hydrogen) atoms. The zero-order valence-electron chi connectivity index (χ0n) is 12.7. The van der Waals surface area contributed by atoms with Gasteiger partial charge in [0.1, 0.15) is 0 Å². The molecule has 1 aromatic carbocycles. The first-order valence-corrected chi connectivity index (χ1v) is 6.84. The number of hydrogen-bond acceptors (Lipinski definition) is 4. The van der Waals surface area contributed by atoms with Crippen LogP contribution in [0.15, 0.2) is 18.2 Å². The average molecular weight is 268 g/mol. The van der Waals surface area contributed by atoms with Gasteiger partial charge < -0.3 is 20.9 Å². The zero-order chi connectivity index (χ0) is 15.3. The largest absolute Gasteiger partial charge is 0.396 e. The second-order valence-electron chi connectivity index (χ2n) is 3.27. The molecule has 1 unspecified atom stereocenters. The second kappa shape index (κ2) is 13.1. The maximum atomic E-state index is 9.65. The van der Waals surface area contributed by atoms with Gasteiger partial charge in [0.05, 0.1) is 6.10 Å². The molecule has 1 atom stereocenters. The van der Waals surface area contributed by atoms with E-state index in [9.17, 15) is 5.11 Å². The van der Waals surface area contributed by atoms with Crippen LogP contribution in [0.2, 0.25) is 0 Å². The molecular formula is C15H28N2O2. The Kier molecular flexibility index (Phi) is 13.7. The van der Waals surface area contributed by atoms with Crippen LogP contribution in [0.1, 0.15) is 51.3 Å². The predicted octanol–water partition coefficient (Wildman–Crippen LogP) is 3.19. The molecule has 4 nitrogen and oxygen atoms in total. The summed E-state index contributed by atoms with van der Waals surface area (Å²) in [5.41, 5.74) is 2.30. The molecule has 110 valence electrons. The lowest BCUT2D eigenvalue weighted by Gasteiger charge is -2.12. The Labute approximate surface area is 117 Å². The number of rotatable bonds is 5. The van der Waals surface area contributed by atoms with Crippen LogP contribution in [0.3, 0.4) is 0 Å². The summed E-state index contributed by atoms with van der Waals surface area (Å²) < 4.78 is 0. The van der Waals surface area contributed by atoms with Crippen molar-refractivity contribution >= 4 is 11.9 Å². The third-order valence-electron chi connectivity index (χ3n) is 2.29. The van der Waals surface area contributed by atoms with Crippen molar-refractivity contribution in [2.75, 3.05) is 19.0 Å². The fourth-order valence-electron chi connectivity index (χ4n) is 1.42. The summed E-state index contributed by atoms with van der Waals surface area (Å²) >= 11 is 0. The van der Waals surface area contributed by atoms with E-state index >= 15 is 0 Å². The highest BCUT2D eigenvalue weighted by Crippen LogP contribution is 2.21. The molecule has 1 rings (SSSR count). The van der Waals surface area contributed by atoms with Crippen LogP contribution in [0.25, 0.3) is 0 Å². The van der Waals surface area contributed by atoms with Gasteiger partial charge in [0.15, 0.2) is 0 Å². The summed E-state index contributed by atoms with van der Waals surface area (Å²) in [4.78, 5) is 0. The molecule has 4 N–H and O–H groups in total. The van der Waals surface area contributed by atoms with E-state index in [0.29, 0.717) is 6.42 Å². The maximum absolute atomic E-state index is 9.65. The smallest absolute Gasteiger partial charge is 0.0812 e. The van der Waals surface area contributed by atoms with Crippen LogP contribution in [-0.2, 0) is 0 Å². The Balaban J connectivity index is 0. The lowest BCUT2D eigenvalue weighted by molar-refractivity contribution is 0.134. The fraction of sp³-hybridized carbons (Fsp3) is 0.533. The standard InChI is InChI=1S/C11H16N2O2.2C2H6/c1-13-10-3-2-8(6-9(10)7-12)11(15)4-5-14;2*1-2/h2-3,6-7,11-15H,4-5H2,1H3;2*1-2H3. The minimum absolute atomic E-state index is 0.0468. The topological polar surface area (TPSA) is 76.3 Å². The van der Waals surface area contributed by atoms with E-state index in [0.717, 1.165) is 16.8 Å². The first-order chi connectivity index (χ1) is 9.22. The van der Waals surface area contributed by atoms with Gasteiger partial charge in [0, 0.05) is 37.5 Å². The molecule has 0 aromatic heterocycles. The van der Waals surface area contributed by atoms with Crippen molar-refractivity contribution in [3.05, 3.63) is 29.3 Å². The van der Waals surface area contributed by atoms with Crippen molar-refractivity contribution < 1.29 is 10.2 Å². The number of nitrogens with one attached hydrogen (secondary N) is 2. The summed E-state index contributed by atoms with van der Waals surface area (Å²) in [7, 11) is 1.78. The van der Waals surface area contributed by atoms with Crippen molar-refractivity contribution in [1.29, 1.82) is 5.41 Å². The van der Waals surface area contributed by atoms with Crippen LogP contribution in [0.4, 0.5) is 5.69 Å². The van der Waals surface area contributed by atoms with Gasteiger partial charge in [-0.05, 0) is 17.7 Å². The van der Waals surface area contributed by atoms with E-state index in [1.165, 1.54) is 6.21 Å². The highest BCUT2D eigenvalue weighted by molar-refractivity contribution is 5.86. The number of aliphatic hydroxyl groups excluding tert-OH is 2. The van der Waals surface area contributed by atoms with Crippen molar-refractivity contribution in [3.63, 3.8) is 0 Å². The lowest BCUT2D eigenvalue weighted by Crippen LogP contribution is -2.02. The van der Waals surface area contributed by atoms with E-state index in [1.54, 1.807) is 19.2 Å². The molecule has 4 heteroatoms. The summed E-state index contributed by atoms with van der Waals surface area (Å²) in [6.45, 7) is 7.95. The molecule has 0 radical (unpaired) electrons. The summed E-state index contributed by atoms with van der Waals surface area (Å²) in [6, 6.07) is 5.36. The number of benzene rings is 1.